The van der Waals surface area contributed by atoms with Gasteiger partial charge in [0.1, 0.15) is 0 Å². The minimum absolute atomic E-state index is 0. The molecule has 2 fully saturated rings. The molecule has 32 heavy (non-hydrogen) atoms. The third-order valence-electron chi connectivity index (χ3n) is 7.12. The molecule has 0 amide bonds. The highest BCUT2D eigenvalue weighted by molar-refractivity contribution is 5.68. The lowest BCUT2D eigenvalue weighted by atomic mass is 9.74. The molecule has 3 atom stereocenters. The number of nitrogens with zero attached hydrogens (tertiary/aromatic N) is 3. The second-order valence-corrected chi connectivity index (χ2v) is 9.73. The molecular formula is C28H46N4. The molecule has 2 aliphatic heterocycles. The number of piperidine rings is 1. The van der Waals surface area contributed by atoms with Gasteiger partial charge in [0.05, 0.1) is 0 Å². The number of hydrogen-bond donors (Lipinski definition) is 1. The van der Waals surface area contributed by atoms with Gasteiger partial charge in [-0.05, 0) is 49.7 Å². The number of piperazine rings is 1. The molecule has 3 aliphatic rings. The molecule has 4 nitrogen and oxygen atoms in total. The van der Waals surface area contributed by atoms with Gasteiger partial charge in [0.2, 0.25) is 0 Å². The molecule has 1 aromatic heterocycles. The average Bonchev–Trinajstić information content (AvgIpc) is 2.80. The Morgan fingerprint density at radius 1 is 1.16 bits per heavy atom. The van der Waals surface area contributed by atoms with Crippen molar-refractivity contribution in [2.24, 2.45) is 17.8 Å². The minimum Gasteiger partial charge on any atom is -0.372 e. The molecule has 1 aromatic rings. The first-order valence-electron chi connectivity index (χ1n) is 12.7. The second kappa shape index (κ2) is 11.7. The Morgan fingerprint density at radius 3 is 2.50 bits per heavy atom. The van der Waals surface area contributed by atoms with Crippen LogP contribution in [-0.2, 0) is 0 Å². The predicted octanol–water partition coefficient (Wildman–Crippen LogP) is 5.91. The highest BCUT2D eigenvalue weighted by Gasteiger charge is 2.33. The lowest BCUT2D eigenvalue weighted by molar-refractivity contribution is 0.271. The minimum atomic E-state index is 0. The number of allylic oxidation sites excluding steroid dienone is 4. The highest BCUT2D eigenvalue weighted by Crippen LogP contribution is 2.40. The zero-order chi connectivity index (χ0) is 23.1. The van der Waals surface area contributed by atoms with E-state index in [0.29, 0.717) is 17.8 Å². The van der Waals surface area contributed by atoms with Gasteiger partial charge in [-0.2, -0.15) is 0 Å². The van der Waals surface area contributed by atoms with E-state index in [1.54, 1.807) is 5.57 Å². The number of pyridine rings is 1. The molecule has 3 heterocycles. The van der Waals surface area contributed by atoms with Crippen LogP contribution < -0.4 is 10.2 Å². The fourth-order valence-corrected chi connectivity index (χ4v) is 5.48. The van der Waals surface area contributed by atoms with E-state index in [4.69, 9.17) is 0 Å². The Kier molecular flexibility index (Phi) is 8.98. The van der Waals surface area contributed by atoms with Gasteiger partial charge in [-0.1, -0.05) is 58.4 Å². The van der Waals surface area contributed by atoms with E-state index < -0.39 is 0 Å². The molecule has 0 saturated carbocycles. The Morgan fingerprint density at radius 2 is 1.88 bits per heavy atom. The number of aryl methyl sites for hydroxylation is 1. The lowest BCUT2D eigenvalue weighted by Crippen LogP contribution is -2.44. The molecule has 1 unspecified atom stereocenters. The first kappa shape index (κ1) is 24.6. The van der Waals surface area contributed by atoms with Crippen molar-refractivity contribution in [1.29, 1.82) is 0 Å². The van der Waals surface area contributed by atoms with E-state index in [1.807, 2.05) is 12.3 Å². The van der Waals surface area contributed by atoms with Crippen molar-refractivity contribution in [2.75, 3.05) is 44.2 Å². The summed E-state index contributed by atoms with van der Waals surface area (Å²) in [5.74, 6) is 1.99. The summed E-state index contributed by atoms with van der Waals surface area (Å²) in [5.41, 5.74) is 6.76. The lowest BCUT2D eigenvalue weighted by Gasteiger charge is -2.42. The number of aromatic nitrogens is 1. The standard InChI is InChI=1S/C25H36N4.C3H8.H2/c1-5-22-20(4)27-10-8-25(22)29-13-9-24(19(3)17-29)23-7-6-21(16-18(23)2)28-14-11-26-12-15-28;1-3-2;/h5-8,10,18-19,24,26H,1,9,11-17H2,2-4H3;3H2,1-2H3;1H/t18?,19-,24-;;/m0../s1. The van der Waals surface area contributed by atoms with Crippen molar-refractivity contribution >= 4 is 11.8 Å². The molecule has 0 bridgehead atoms. The van der Waals surface area contributed by atoms with E-state index >= 15 is 0 Å². The zero-order valence-electron chi connectivity index (χ0n) is 21.0. The molecule has 4 heteroatoms. The quantitative estimate of drug-likeness (QED) is 0.633. The van der Waals surface area contributed by atoms with Crippen LogP contribution in [0.15, 0.2) is 42.3 Å². The van der Waals surface area contributed by atoms with Gasteiger partial charge < -0.3 is 15.1 Å². The predicted molar refractivity (Wildman–Crippen MR) is 141 cm³/mol. The van der Waals surface area contributed by atoms with E-state index in [1.165, 1.54) is 36.2 Å². The van der Waals surface area contributed by atoms with Crippen LogP contribution >= 0.6 is 0 Å². The average molecular weight is 439 g/mol. The topological polar surface area (TPSA) is 31.4 Å². The van der Waals surface area contributed by atoms with Crippen LogP contribution in [0.2, 0.25) is 0 Å². The van der Waals surface area contributed by atoms with Crippen molar-refractivity contribution in [2.45, 2.75) is 53.9 Å². The maximum atomic E-state index is 4.45. The van der Waals surface area contributed by atoms with Crippen LogP contribution in [0.5, 0.6) is 0 Å². The van der Waals surface area contributed by atoms with Gasteiger partial charge in [0.25, 0.3) is 0 Å². The summed E-state index contributed by atoms with van der Waals surface area (Å²) in [4.78, 5) is 9.57. The number of anilines is 1. The third kappa shape index (κ3) is 5.64. The van der Waals surface area contributed by atoms with Crippen LogP contribution in [-0.4, -0.2) is 49.2 Å². The molecule has 1 aliphatic carbocycles. The van der Waals surface area contributed by atoms with Crippen molar-refractivity contribution in [3.63, 3.8) is 0 Å². The fourth-order valence-electron chi connectivity index (χ4n) is 5.48. The number of nitrogens with one attached hydrogen (secondary N) is 1. The van der Waals surface area contributed by atoms with Crippen LogP contribution in [0.4, 0.5) is 5.69 Å². The van der Waals surface area contributed by atoms with Crippen LogP contribution in [0.1, 0.15) is 59.6 Å². The van der Waals surface area contributed by atoms with E-state index in [0.717, 1.165) is 45.0 Å². The van der Waals surface area contributed by atoms with Gasteiger partial charge in [-0.3, -0.25) is 4.98 Å². The Balaban J connectivity index is 0.000000914. The largest absolute Gasteiger partial charge is 0.372 e. The Bertz CT molecular complexity index is 825. The summed E-state index contributed by atoms with van der Waals surface area (Å²) in [7, 11) is 0. The SMILES string of the molecule is C=Cc1c(N2CC[C@H](C3=CC=C(N4CCNCC4)CC3C)[C@@H](C)C2)ccnc1C.CCC.[HH]. The highest BCUT2D eigenvalue weighted by atomic mass is 15.2. The summed E-state index contributed by atoms with van der Waals surface area (Å²) < 4.78 is 0. The normalized spacial score (nSPS) is 26.0. The zero-order valence-corrected chi connectivity index (χ0v) is 21.0. The first-order chi connectivity index (χ1) is 15.5. The van der Waals surface area contributed by atoms with E-state index in [9.17, 15) is 0 Å². The molecular weight excluding hydrogens is 392 g/mol. The van der Waals surface area contributed by atoms with Crippen molar-refractivity contribution in [3.05, 3.63) is 53.5 Å². The molecule has 0 radical (unpaired) electrons. The smallest absolute Gasteiger partial charge is 0.0473 e. The van der Waals surface area contributed by atoms with Crippen LogP contribution in [0.25, 0.3) is 6.08 Å². The summed E-state index contributed by atoms with van der Waals surface area (Å²) in [6.45, 7) is 21.9. The number of hydrogen-bond acceptors (Lipinski definition) is 4. The second-order valence-electron chi connectivity index (χ2n) is 9.73. The van der Waals surface area contributed by atoms with Crippen molar-refractivity contribution < 1.29 is 1.43 Å². The van der Waals surface area contributed by atoms with Gasteiger partial charge >= 0.3 is 0 Å². The van der Waals surface area contributed by atoms with E-state index in [2.05, 4.69) is 79.5 Å². The maximum Gasteiger partial charge on any atom is 0.0473 e. The summed E-state index contributed by atoms with van der Waals surface area (Å²) in [6, 6.07) is 2.15. The monoisotopic (exact) mass is 438 g/mol. The molecule has 1 N–H and O–H groups in total. The van der Waals surface area contributed by atoms with Crippen molar-refractivity contribution in [1.82, 2.24) is 15.2 Å². The van der Waals surface area contributed by atoms with Crippen molar-refractivity contribution in [3.8, 4) is 0 Å². The first-order valence-corrected chi connectivity index (χ1v) is 12.7. The Hall–Kier alpha value is -2.07. The van der Waals surface area contributed by atoms with Gasteiger partial charge in [-0.25, -0.2) is 0 Å². The molecule has 2 saturated heterocycles. The molecule has 0 aromatic carbocycles. The van der Waals surface area contributed by atoms with Crippen LogP contribution in [0.3, 0.4) is 0 Å². The van der Waals surface area contributed by atoms with Gasteiger partial charge in [-0.15, -0.1) is 0 Å². The fraction of sp³-hybridized carbons (Fsp3) is 0.607. The number of rotatable bonds is 4. The molecule has 0 spiro atoms. The Labute approximate surface area is 198 Å². The molecule has 178 valence electrons. The third-order valence-corrected chi connectivity index (χ3v) is 7.12. The summed E-state index contributed by atoms with van der Waals surface area (Å²) in [5, 5.41) is 3.46. The van der Waals surface area contributed by atoms with Gasteiger partial charge in [0, 0.05) is 69.5 Å². The van der Waals surface area contributed by atoms with Gasteiger partial charge in [0.15, 0.2) is 0 Å². The van der Waals surface area contributed by atoms with E-state index in [-0.39, 0.29) is 1.43 Å². The summed E-state index contributed by atoms with van der Waals surface area (Å²) in [6.07, 6.45) is 12.5. The van der Waals surface area contributed by atoms with Crippen LogP contribution in [0, 0.1) is 24.7 Å². The summed E-state index contributed by atoms with van der Waals surface area (Å²) >= 11 is 0. The molecule has 4 rings (SSSR count). The maximum absolute atomic E-state index is 4.45.